The minimum Gasteiger partial charge on any atom is -0.506 e. The fourth-order valence-electron chi connectivity index (χ4n) is 1.72. The van der Waals surface area contributed by atoms with E-state index in [1.165, 1.54) is 12.1 Å². The van der Waals surface area contributed by atoms with Gasteiger partial charge in [-0.1, -0.05) is 6.92 Å². The molecule has 0 radical (unpaired) electrons. The molecule has 0 aliphatic rings. The molecule has 1 amide bonds. The molecule has 0 aliphatic carbocycles. The van der Waals surface area contributed by atoms with Crippen molar-refractivity contribution in [3.05, 3.63) is 34.2 Å². The van der Waals surface area contributed by atoms with E-state index in [1.54, 1.807) is 19.9 Å². The van der Waals surface area contributed by atoms with Gasteiger partial charge in [-0.25, -0.2) is 4.79 Å². The van der Waals surface area contributed by atoms with Crippen molar-refractivity contribution < 1.29 is 14.3 Å². The number of aryl methyl sites for hydroxylation is 1. The number of phenolic OH excluding ortho intramolecular Hbond substituents is 1. The lowest BCUT2D eigenvalue weighted by atomic mass is 10.1. The van der Waals surface area contributed by atoms with E-state index in [2.05, 4.69) is 5.32 Å². The van der Waals surface area contributed by atoms with Gasteiger partial charge in [0.2, 0.25) is 5.91 Å². The Labute approximate surface area is 103 Å². The van der Waals surface area contributed by atoms with Gasteiger partial charge in [0.15, 0.2) is 5.58 Å². The Hall–Kier alpha value is -2.30. The molecular weight excluding hydrogens is 234 g/mol. The molecule has 18 heavy (non-hydrogen) atoms. The summed E-state index contributed by atoms with van der Waals surface area (Å²) >= 11 is 0. The summed E-state index contributed by atoms with van der Waals surface area (Å²) < 4.78 is 5.07. The zero-order valence-electron chi connectivity index (χ0n) is 10.1. The third-order valence-corrected chi connectivity index (χ3v) is 2.68. The summed E-state index contributed by atoms with van der Waals surface area (Å²) in [5.41, 5.74) is 0.549. The molecule has 1 aromatic carbocycles. The lowest BCUT2D eigenvalue weighted by Crippen LogP contribution is -2.11. The monoisotopic (exact) mass is 247 g/mol. The molecule has 2 aromatic rings. The van der Waals surface area contributed by atoms with Gasteiger partial charge in [0.25, 0.3) is 0 Å². The van der Waals surface area contributed by atoms with Gasteiger partial charge in [0.1, 0.15) is 11.4 Å². The molecule has 0 fully saturated rings. The topological polar surface area (TPSA) is 79.5 Å². The van der Waals surface area contributed by atoms with E-state index in [0.717, 1.165) is 5.56 Å². The van der Waals surface area contributed by atoms with E-state index in [0.29, 0.717) is 5.39 Å². The summed E-state index contributed by atoms with van der Waals surface area (Å²) in [5.74, 6) is -0.389. The van der Waals surface area contributed by atoms with E-state index >= 15 is 0 Å². The lowest BCUT2D eigenvalue weighted by molar-refractivity contribution is -0.115. The minimum absolute atomic E-state index is 0.127. The molecule has 5 heteroatoms. The third-order valence-electron chi connectivity index (χ3n) is 2.68. The highest BCUT2D eigenvalue weighted by molar-refractivity contribution is 6.02. The first-order valence-corrected chi connectivity index (χ1v) is 5.59. The first-order valence-electron chi connectivity index (χ1n) is 5.59. The van der Waals surface area contributed by atoms with E-state index in [-0.39, 0.29) is 29.3 Å². The number of carbonyl (C=O) groups excluding carboxylic acids is 1. The van der Waals surface area contributed by atoms with Crippen LogP contribution in [0.2, 0.25) is 0 Å². The largest absolute Gasteiger partial charge is 0.506 e. The van der Waals surface area contributed by atoms with E-state index in [1.807, 2.05) is 0 Å². The van der Waals surface area contributed by atoms with Crippen molar-refractivity contribution >= 4 is 22.6 Å². The number of fused-ring (bicyclic) bond motifs is 1. The van der Waals surface area contributed by atoms with Crippen LogP contribution < -0.4 is 10.9 Å². The van der Waals surface area contributed by atoms with Gasteiger partial charge in [0.05, 0.1) is 0 Å². The number of hydrogen-bond donors (Lipinski definition) is 2. The van der Waals surface area contributed by atoms with Crippen molar-refractivity contribution in [2.24, 2.45) is 0 Å². The number of carbonyl (C=O) groups is 1. The SMILES string of the molecule is CCC(=O)Nc1c(O)ccc2c(C)cc(=O)oc12. The number of nitrogens with one attached hydrogen (secondary N) is 1. The highest BCUT2D eigenvalue weighted by atomic mass is 16.4. The number of phenols is 1. The van der Waals surface area contributed by atoms with Crippen molar-refractivity contribution in [3.63, 3.8) is 0 Å². The quantitative estimate of drug-likeness (QED) is 0.629. The van der Waals surface area contributed by atoms with Crippen LogP contribution in [0.25, 0.3) is 11.0 Å². The molecule has 0 unspecified atom stereocenters. The van der Waals surface area contributed by atoms with Crippen LogP contribution in [0.3, 0.4) is 0 Å². The molecule has 2 rings (SSSR count). The van der Waals surface area contributed by atoms with Crippen molar-refractivity contribution in [1.29, 1.82) is 0 Å². The second-order valence-corrected chi connectivity index (χ2v) is 3.99. The van der Waals surface area contributed by atoms with Gasteiger partial charge in [-0.15, -0.1) is 0 Å². The molecule has 1 heterocycles. The normalized spacial score (nSPS) is 10.6. The highest BCUT2D eigenvalue weighted by Crippen LogP contribution is 2.32. The van der Waals surface area contributed by atoms with E-state index in [4.69, 9.17) is 4.42 Å². The number of hydrogen-bond acceptors (Lipinski definition) is 4. The third kappa shape index (κ3) is 2.07. The maximum atomic E-state index is 11.4. The smallest absolute Gasteiger partial charge is 0.336 e. The van der Waals surface area contributed by atoms with Gasteiger partial charge in [-0.3, -0.25) is 4.79 Å². The summed E-state index contributed by atoms with van der Waals surface area (Å²) in [6, 6.07) is 4.47. The van der Waals surface area contributed by atoms with Crippen molar-refractivity contribution in [1.82, 2.24) is 0 Å². The van der Waals surface area contributed by atoms with Crippen LogP contribution in [-0.4, -0.2) is 11.0 Å². The molecule has 0 saturated heterocycles. The number of rotatable bonds is 2. The van der Waals surface area contributed by atoms with Crippen LogP contribution in [0.5, 0.6) is 5.75 Å². The molecule has 0 saturated carbocycles. The fourth-order valence-corrected chi connectivity index (χ4v) is 1.72. The van der Waals surface area contributed by atoms with Crippen LogP contribution in [0, 0.1) is 6.92 Å². The summed E-state index contributed by atoms with van der Waals surface area (Å²) in [6.45, 7) is 3.46. The van der Waals surface area contributed by atoms with Crippen molar-refractivity contribution in [3.8, 4) is 5.75 Å². The Morgan fingerprint density at radius 3 is 2.83 bits per heavy atom. The van der Waals surface area contributed by atoms with Crippen LogP contribution >= 0.6 is 0 Å². The molecule has 0 aliphatic heterocycles. The molecule has 0 bridgehead atoms. The Morgan fingerprint density at radius 2 is 2.17 bits per heavy atom. The van der Waals surface area contributed by atoms with E-state index in [9.17, 15) is 14.7 Å². The van der Waals surface area contributed by atoms with Gasteiger partial charge in [0, 0.05) is 17.9 Å². The predicted molar refractivity (Wildman–Crippen MR) is 67.8 cm³/mol. The summed E-state index contributed by atoms with van der Waals surface area (Å²) in [7, 11) is 0. The summed E-state index contributed by atoms with van der Waals surface area (Å²) in [4.78, 5) is 22.8. The predicted octanol–water partition coefficient (Wildman–Crippen LogP) is 2.16. The van der Waals surface area contributed by atoms with Crippen LogP contribution in [0.4, 0.5) is 5.69 Å². The van der Waals surface area contributed by atoms with Crippen molar-refractivity contribution in [2.75, 3.05) is 5.32 Å². The Kier molecular flexibility index (Phi) is 3.06. The summed E-state index contributed by atoms with van der Waals surface area (Å²) in [6.07, 6.45) is 0.270. The number of amides is 1. The molecular formula is C13H13NO4. The average Bonchev–Trinajstić information content (AvgIpc) is 2.32. The number of anilines is 1. The van der Waals surface area contributed by atoms with Crippen LogP contribution in [0.15, 0.2) is 27.4 Å². The van der Waals surface area contributed by atoms with Crippen LogP contribution in [-0.2, 0) is 4.79 Å². The van der Waals surface area contributed by atoms with Crippen molar-refractivity contribution in [2.45, 2.75) is 20.3 Å². The Bertz CT molecular complexity index is 672. The van der Waals surface area contributed by atoms with Crippen LogP contribution in [0.1, 0.15) is 18.9 Å². The zero-order valence-corrected chi connectivity index (χ0v) is 10.1. The summed E-state index contributed by atoms with van der Waals surface area (Å²) in [5, 5.41) is 13.0. The standard InChI is InChI=1S/C13H13NO4/c1-3-10(16)14-12-9(15)5-4-8-7(2)6-11(17)18-13(8)12/h4-6,15H,3H2,1-2H3,(H,14,16). The number of aromatic hydroxyl groups is 1. The van der Waals surface area contributed by atoms with Gasteiger partial charge in [-0.2, -0.15) is 0 Å². The first-order chi connectivity index (χ1) is 8.52. The second-order valence-electron chi connectivity index (χ2n) is 3.99. The molecule has 1 aromatic heterocycles. The number of benzene rings is 1. The molecule has 0 spiro atoms. The Morgan fingerprint density at radius 1 is 1.44 bits per heavy atom. The average molecular weight is 247 g/mol. The lowest BCUT2D eigenvalue weighted by Gasteiger charge is -2.09. The fraction of sp³-hybridized carbons (Fsp3) is 0.231. The molecule has 94 valence electrons. The van der Waals surface area contributed by atoms with E-state index < -0.39 is 5.63 Å². The Balaban J connectivity index is 2.73. The maximum absolute atomic E-state index is 11.4. The molecule has 2 N–H and O–H groups in total. The van der Waals surface area contributed by atoms with Gasteiger partial charge < -0.3 is 14.8 Å². The minimum atomic E-state index is -0.516. The highest BCUT2D eigenvalue weighted by Gasteiger charge is 2.13. The maximum Gasteiger partial charge on any atom is 0.336 e. The molecule has 0 atom stereocenters. The van der Waals surface area contributed by atoms with Gasteiger partial charge in [-0.05, 0) is 24.6 Å². The van der Waals surface area contributed by atoms with Gasteiger partial charge >= 0.3 is 5.63 Å². The molecule has 5 nitrogen and oxygen atoms in total. The first kappa shape index (κ1) is 12.2. The zero-order chi connectivity index (χ0) is 13.3. The second kappa shape index (κ2) is 4.52.